The van der Waals surface area contributed by atoms with Gasteiger partial charge >= 0.3 is 0 Å². The van der Waals surface area contributed by atoms with Gasteiger partial charge in [0.1, 0.15) is 11.6 Å². The van der Waals surface area contributed by atoms with E-state index in [0.29, 0.717) is 18.0 Å². The Morgan fingerprint density at radius 3 is 2.93 bits per heavy atom. The lowest BCUT2D eigenvalue weighted by Gasteiger charge is -2.13. The van der Waals surface area contributed by atoms with Crippen molar-refractivity contribution in [1.29, 1.82) is 0 Å². The van der Waals surface area contributed by atoms with Crippen molar-refractivity contribution in [2.45, 2.75) is 6.10 Å². The summed E-state index contributed by atoms with van der Waals surface area (Å²) in [6.45, 7) is 0.297. The molecular formula is C10H13ClFNO2. The highest BCUT2D eigenvalue weighted by molar-refractivity contribution is 6.18. The van der Waals surface area contributed by atoms with Gasteiger partial charge in [-0.3, -0.25) is 0 Å². The fourth-order valence-corrected chi connectivity index (χ4v) is 1.20. The molecule has 1 unspecified atom stereocenters. The molecule has 1 aromatic carbocycles. The number of aliphatic hydroxyl groups is 1. The Hall–Kier alpha value is -1.00. The number of halogens is 2. The lowest BCUT2D eigenvalue weighted by atomic mass is 10.2. The second-order valence-electron chi connectivity index (χ2n) is 3.03. The molecule has 0 amide bonds. The lowest BCUT2D eigenvalue weighted by molar-refractivity contribution is 0.211. The summed E-state index contributed by atoms with van der Waals surface area (Å²) in [6, 6.07) is 4.14. The molecule has 0 heterocycles. The van der Waals surface area contributed by atoms with Crippen LogP contribution in [0, 0.1) is 5.82 Å². The van der Waals surface area contributed by atoms with Crippen molar-refractivity contribution in [3.8, 4) is 5.75 Å². The topological polar surface area (TPSA) is 41.5 Å². The van der Waals surface area contributed by atoms with Crippen LogP contribution in [-0.4, -0.2) is 30.7 Å². The van der Waals surface area contributed by atoms with Crippen LogP contribution >= 0.6 is 11.6 Å². The minimum absolute atomic E-state index is 0.149. The molecule has 0 aliphatic rings. The summed E-state index contributed by atoms with van der Waals surface area (Å²) < 4.78 is 17.8. The Morgan fingerprint density at radius 2 is 2.33 bits per heavy atom. The zero-order valence-electron chi connectivity index (χ0n) is 8.34. The van der Waals surface area contributed by atoms with Gasteiger partial charge in [0, 0.05) is 12.6 Å². The van der Waals surface area contributed by atoms with Crippen LogP contribution in [0.25, 0.3) is 0 Å². The number of aliphatic hydroxyl groups excluding tert-OH is 1. The van der Waals surface area contributed by atoms with Gasteiger partial charge in [-0.15, -0.1) is 11.6 Å². The van der Waals surface area contributed by atoms with E-state index in [4.69, 9.17) is 16.3 Å². The molecule has 2 N–H and O–H groups in total. The summed E-state index contributed by atoms with van der Waals surface area (Å²) in [7, 11) is 1.46. The van der Waals surface area contributed by atoms with Crippen molar-refractivity contribution in [3.05, 3.63) is 24.0 Å². The molecule has 0 radical (unpaired) electrons. The number of hydrogen-bond donors (Lipinski definition) is 2. The molecule has 0 spiro atoms. The van der Waals surface area contributed by atoms with E-state index in [0.717, 1.165) is 0 Å². The van der Waals surface area contributed by atoms with Crippen LogP contribution in [0.5, 0.6) is 5.75 Å². The maximum absolute atomic E-state index is 12.8. The number of alkyl halides is 1. The first-order valence-electron chi connectivity index (χ1n) is 4.48. The highest BCUT2D eigenvalue weighted by atomic mass is 35.5. The quantitative estimate of drug-likeness (QED) is 0.763. The third-order valence-electron chi connectivity index (χ3n) is 1.87. The summed E-state index contributed by atoms with van der Waals surface area (Å²) in [4.78, 5) is 0. The predicted octanol–water partition coefficient (Wildman–Crippen LogP) is 1.85. The van der Waals surface area contributed by atoms with Crippen molar-refractivity contribution < 1.29 is 14.2 Å². The fourth-order valence-electron chi connectivity index (χ4n) is 1.09. The molecule has 0 saturated carbocycles. The Bertz CT molecular complexity index is 322. The largest absolute Gasteiger partial charge is 0.494 e. The Kier molecular flexibility index (Phi) is 4.65. The van der Waals surface area contributed by atoms with Crippen LogP contribution in [0.4, 0.5) is 10.1 Å². The first-order valence-corrected chi connectivity index (χ1v) is 5.02. The molecule has 0 bridgehead atoms. The smallest absolute Gasteiger partial charge is 0.144 e. The van der Waals surface area contributed by atoms with E-state index in [1.165, 1.54) is 19.2 Å². The summed E-state index contributed by atoms with van der Waals surface area (Å²) in [5, 5.41) is 12.1. The molecule has 1 aromatic rings. The van der Waals surface area contributed by atoms with Crippen LogP contribution in [0.1, 0.15) is 0 Å². The monoisotopic (exact) mass is 233 g/mol. The number of benzene rings is 1. The summed E-state index contributed by atoms with van der Waals surface area (Å²) in [5.74, 6) is 0.184. The van der Waals surface area contributed by atoms with E-state index in [9.17, 15) is 9.50 Å². The molecule has 5 heteroatoms. The van der Waals surface area contributed by atoms with E-state index in [2.05, 4.69) is 5.32 Å². The molecule has 1 atom stereocenters. The molecule has 0 saturated heterocycles. The molecule has 0 aliphatic carbocycles. The second kappa shape index (κ2) is 5.78. The fraction of sp³-hybridized carbons (Fsp3) is 0.400. The highest BCUT2D eigenvalue weighted by Crippen LogP contribution is 2.24. The molecule has 84 valence electrons. The minimum atomic E-state index is -0.638. The average molecular weight is 234 g/mol. The van der Waals surface area contributed by atoms with Gasteiger partial charge in [-0.1, -0.05) is 0 Å². The van der Waals surface area contributed by atoms with Gasteiger partial charge in [-0.05, 0) is 12.1 Å². The molecule has 0 fully saturated rings. The first kappa shape index (κ1) is 12.1. The number of nitrogens with one attached hydrogen (secondary N) is 1. The molecular weight excluding hydrogens is 221 g/mol. The van der Waals surface area contributed by atoms with E-state index in [1.54, 1.807) is 6.07 Å². The number of rotatable bonds is 5. The highest BCUT2D eigenvalue weighted by Gasteiger charge is 2.06. The van der Waals surface area contributed by atoms with Gasteiger partial charge in [-0.25, -0.2) is 4.39 Å². The third kappa shape index (κ3) is 3.57. The van der Waals surface area contributed by atoms with Gasteiger partial charge in [0.2, 0.25) is 0 Å². The first-order chi connectivity index (χ1) is 7.17. The maximum atomic E-state index is 12.8. The van der Waals surface area contributed by atoms with Crippen LogP contribution < -0.4 is 10.1 Å². The third-order valence-corrected chi connectivity index (χ3v) is 2.23. The Balaban J connectivity index is 2.67. The minimum Gasteiger partial charge on any atom is -0.494 e. The summed E-state index contributed by atoms with van der Waals surface area (Å²) in [5.41, 5.74) is 0.628. The van der Waals surface area contributed by atoms with Gasteiger partial charge in [0.25, 0.3) is 0 Å². The standard InChI is InChI=1S/C10H13ClFNO2/c1-15-10-4-7(12)2-3-9(10)13-6-8(14)5-11/h2-4,8,13-14H,5-6H2,1H3. The summed E-state index contributed by atoms with van der Waals surface area (Å²) >= 11 is 5.44. The van der Waals surface area contributed by atoms with Crippen molar-refractivity contribution in [3.63, 3.8) is 0 Å². The molecule has 15 heavy (non-hydrogen) atoms. The average Bonchev–Trinajstić information content (AvgIpc) is 2.26. The molecule has 3 nitrogen and oxygen atoms in total. The van der Waals surface area contributed by atoms with Gasteiger partial charge in [0.15, 0.2) is 0 Å². The zero-order valence-corrected chi connectivity index (χ0v) is 9.09. The van der Waals surface area contributed by atoms with E-state index >= 15 is 0 Å². The second-order valence-corrected chi connectivity index (χ2v) is 3.34. The van der Waals surface area contributed by atoms with Crippen molar-refractivity contribution >= 4 is 17.3 Å². The normalized spacial score (nSPS) is 12.3. The van der Waals surface area contributed by atoms with Crippen molar-refractivity contribution in [2.75, 3.05) is 24.9 Å². The van der Waals surface area contributed by atoms with Crippen LogP contribution in [0.15, 0.2) is 18.2 Å². The SMILES string of the molecule is COc1cc(F)ccc1NCC(O)CCl. The Morgan fingerprint density at radius 1 is 1.60 bits per heavy atom. The maximum Gasteiger partial charge on any atom is 0.144 e. The molecule has 0 aromatic heterocycles. The van der Waals surface area contributed by atoms with E-state index in [-0.39, 0.29) is 11.7 Å². The van der Waals surface area contributed by atoms with Gasteiger partial charge in [0.05, 0.1) is 24.8 Å². The number of anilines is 1. The van der Waals surface area contributed by atoms with Crippen LogP contribution in [0.2, 0.25) is 0 Å². The van der Waals surface area contributed by atoms with E-state index in [1.807, 2.05) is 0 Å². The van der Waals surface area contributed by atoms with E-state index < -0.39 is 6.10 Å². The van der Waals surface area contributed by atoms with Gasteiger partial charge < -0.3 is 15.2 Å². The zero-order chi connectivity index (χ0) is 11.3. The Labute approximate surface area is 92.8 Å². The molecule has 1 rings (SSSR count). The molecule has 0 aliphatic heterocycles. The van der Waals surface area contributed by atoms with Crippen molar-refractivity contribution in [2.24, 2.45) is 0 Å². The van der Waals surface area contributed by atoms with Crippen LogP contribution in [0.3, 0.4) is 0 Å². The number of hydrogen-bond acceptors (Lipinski definition) is 3. The lowest BCUT2D eigenvalue weighted by Crippen LogP contribution is -2.21. The number of ether oxygens (including phenoxy) is 1. The number of methoxy groups -OCH3 is 1. The van der Waals surface area contributed by atoms with Crippen molar-refractivity contribution in [1.82, 2.24) is 0 Å². The van der Waals surface area contributed by atoms with Crippen LogP contribution in [-0.2, 0) is 0 Å². The van der Waals surface area contributed by atoms with Gasteiger partial charge in [-0.2, -0.15) is 0 Å². The predicted molar refractivity (Wildman–Crippen MR) is 58.2 cm³/mol. The summed E-state index contributed by atoms with van der Waals surface area (Å²) in [6.07, 6.45) is -0.638.